The van der Waals surface area contributed by atoms with Crippen molar-refractivity contribution in [1.82, 2.24) is 9.55 Å². The summed E-state index contributed by atoms with van der Waals surface area (Å²) in [7, 11) is 0. The van der Waals surface area contributed by atoms with E-state index in [9.17, 15) is 0 Å². The minimum atomic E-state index is 0.706. The van der Waals surface area contributed by atoms with Crippen molar-refractivity contribution in [3.63, 3.8) is 0 Å². The third-order valence-corrected chi connectivity index (χ3v) is 3.45. The van der Waals surface area contributed by atoms with Gasteiger partial charge in [-0.05, 0) is 28.8 Å². The maximum absolute atomic E-state index is 4.48. The van der Waals surface area contributed by atoms with Gasteiger partial charge in [0.05, 0.1) is 0 Å². The van der Waals surface area contributed by atoms with Crippen LogP contribution < -0.4 is 0 Å². The largest absolute Gasteiger partial charge is 0.331 e. The average Bonchev–Trinajstić information content (AvgIpc) is 2.61. The lowest BCUT2D eigenvalue weighted by molar-refractivity contribution is 0.346. The summed E-state index contributed by atoms with van der Waals surface area (Å²) >= 11 is 3.46. The first-order chi connectivity index (χ1) is 6.81. The molecule has 3 heteroatoms. The van der Waals surface area contributed by atoms with Crippen LogP contribution in [0.4, 0.5) is 0 Å². The second-order valence-electron chi connectivity index (χ2n) is 4.03. The van der Waals surface area contributed by atoms with Gasteiger partial charge in [-0.25, -0.2) is 4.98 Å². The SMILES string of the molecule is CCc1nc(Br)cn1C1CCCCC1. The van der Waals surface area contributed by atoms with Crippen molar-refractivity contribution in [2.75, 3.05) is 0 Å². The highest BCUT2D eigenvalue weighted by Crippen LogP contribution is 2.30. The molecule has 14 heavy (non-hydrogen) atoms. The summed E-state index contributed by atoms with van der Waals surface area (Å²) in [6, 6.07) is 0.706. The molecule has 1 aromatic heterocycles. The summed E-state index contributed by atoms with van der Waals surface area (Å²) in [6.07, 6.45) is 10.0. The molecule has 1 aliphatic carbocycles. The highest BCUT2D eigenvalue weighted by atomic mass is 79.9. The number of hydrogen-bond donors (Lipinski definition) is 0. The van der Waals surface area contributed by atoms with E-state index in [1.807, 2.05) is 0 Å². The number of hydrogen-bond acceptors (Lipinski definition) is 1. The van der Waals surface area contributed by atoms with Crippen LogP contribution in [0.5, 0.6) is 0 Å². The number of aromatic nitrogens is 2. The Morgan fingerprint density at radius 1 is 1.43 bits per heavy atom. The maximum atomic E-state index is 4.48. The topological polar surface area (TPSA) is 17.8 Å². The Morgan fingerprint density at radius 2 is 2.14 bits per heavy atom. The van der Waals surface area contributed by atoms with E-state index in [0.29, 0.717) is 6.04 Å². The smallest absolute Gasteiger partial charge is 0.124 e. The summed E-state index contributed by atoms with van der Waals surface area (Å²) < 4.78 is 3.36. The highest BCUT2D eigenvalue weighted by molar-refractivity contribution is 9.10. The lowest BCUT2D eigenvalue weighted by atomic mass is 9.95. The Hall–Kier alpha value is -0.310. The molecule has 0 atom stereocenters. The maximum Gasteiger partial charge on any atom is 0.124 e. The molecule has 1 heterocycles. The fourth-order valence-corrected chi connectivity index (χ4v) is 2.76. The molecule has 2 rings (SSSR count). The molecule has 1 fully saturated rings. The van der Waals surface area contributed by atoms with Gasteiger partial charge in [0.2, 0.25) is 0 Å². The van der Waals surface area contributed by atoms with Crippen molar-refractivity contribution < 1.29 is 0 Å². The van der Waals surface area contributed by atoms with Crippen LogP contribution in [0.15, 0.2) is 10.8 Å². The molecular formula is C11H17BrN2. The zero-order valence-corrected chi connectivity index (χ0v) is 10.3. The van der Waals surface area contributed by atoms with Crippen molar-refractivity contribution in [2.45, 2.75) is 51.5 Å². The lowest BCUT2D eigenvalue weighted by Gasteiger charge is -2.24. The van der Waals surface area contributed by atoms with Gasteiger partial charge in [0.15, 0.2) is 0 Å². The molecular weight excluding hydrogens is 240 g/mol. The van der Waals surface area contributed by atoms with E-state index in [4.69, 9.17) is 0 Å². The van der Waals surface area contributed by atoms with E-state index >= 15 is 0 Å². The number of rotatable bonds is 2. The molecule has 0 saturated heterocycles. The first kappa shape index (κ1) is 10.2. The molecule has 1 aromatic rings. The summed E-state index contributed by atoms with van der Waals surface area (Å²) in [6.45, 7) is 2.17. The predicted molar refractivity (Wildman–Crippen MR) is 61.4 cm³/mol. The van der Waals surface area contributed by atoms with Crippen molar-refractivity contribution >= 4 is 15.9 Å². The van der Waals surface area contributed by atoms with Gasteiger partial charge in [-0.3, -0.25) is 0 Å². The van der Waals surface area contributed by atoms with Gasteiger partial charge in [-0.1, -0.05) is 26.2 Å². The van der Waals surface area contributed by atoms with E-state index in [0.717, 1.165) is 11.0 Å². The lowest BCUT2D eigenvalue weighted by Crippen LogP contribution is -2.14. The quantitative estimate of drug-likeness (QED) is 0.789. The fraction of sp³-hybridized carbons (Fsp3) is 0.727. The zero-order chi connectivity index (χ0) is 9.97. The molecule has 0 N–H and O–H groups in total. The molecule has 0 aromatic carbocycles. The second kappa shape index (κ2) is 4.47. The molecule has 0 bridgehead atoms. The van der Waals surface area contributed by atoms with Crippen molar-refractivity contribution in [3.05, 3.63) is 16.6 Å². The fourth-order valence-electron chi connectivity index (χ4n) is 2.34. The summed E-state index contributed by atoms with van der Waals surface area (Å²) in [5.74, 6) is 1.23. The normalized spacial score (nSPS) is 18.7. The van der Waals surface area contributed by atoms with Gasteiger partial charge in [0, 0.05) is 18.7 Å². The minimum Gasteiger partial charge on any atom is -0.331 e. The summed E-state index contributed by atoms with van der Waals surface area (Å²) in [5, 5.41) is 0. The molecule has 0 unspecified atom stereocenters. The number of imidazole rings is 1. The third-order valence-electron chi connectivity index (χ3n) is 3.06. The number of aryl methyl sites for hydroxylation is 1. The van der Waals surface area contributed by atoms with Crippen molar-refractivity contribution in [3.8, 4) is 0 Å². The van der Waals surface area contributed by atoms with Crippen LogP contribution in [0.3, 0.4) is 0 Å². The Kier molecular flexibility index (Phi) is 3.26. The summed E-state index contributed by atoms with van der Waals surface area (Å²) in [5.41, 5.74) is 0. The molecule has 78 valence electrons. The van der Waals surface area contributed by atoms with Crippen LogP contribution in [0.1, 0.15) is 50.9 Å². The first-order valence-corrected chi connectivity index (χ1v) is 6.34. The van der Waals surface area contributed by atoms with Gasteiger partial charge in [-0.15, -0.1) is 0 Å². The van der Waals surface area contributed by atoms with E-state index in [1.165, 1.54) is 37.9 Å². The Balaban J connectivity index is 2.20. The second-order valence-corrected chi connectivity index (χ2v) is 4.84. The minimum absolute atomic E-state index is 0.706. The molecule has 0 aliphatic heterocycles. The Morgan fingerprint density at radius 3 is 2.79 bits per heavy atom. The van der Waals surface area contributed by atoms with Gasteiger partial charge in [-0.2, -0.15) is 0 Å². The monoisotopic (exact) mass is 256 g/mol. The van der Waals surface area contributed by atoms with Crippen molar-refractivity contribution in [2.24, 2.45) is 0 Å². The van der Waals surface area contributed by atoms with Gasteiger partial charge in [0.25, 0.3) is 0 Å². The van der Waals surface area contributed by atoms with E-state index in [2.05, 4.69) is 38.6 Å². The van der Waals surface area contributed by atoms with Crippen molar-refractivity contribution in [1.29, 1.82) is 0 Å². The van der Waals surface area contributed by atoms with Crippen LogP contribution in [0, 0.1) is 0 Å². The molecule has 2 nitrogen and oxygen atoms in total. The van der Waals surface area contributed by atoms with Crippen LogP contribution in [-0.2, 0) is 6.42 Å². The number of nitrogens with zero attached hydrogens (tertiary/aromatic N) is 2. The number of halogens is 1. The van der Waals surface area contributed by atoms with Crippen LogP contribution >= 0.6 is 15.9 Å². The van der Waals surface area contributed by atoms with Crippen LogP contribution in [-0.4, -0.2) is 9.55 Å². The first-order valence-electron chi connectivity index (χ1n) is 5.54. The Labute approximate surface area is 93.9 Å². The Bertz CT molecular complexity index is 300. The average molecular weight is 257 g/mol. The third kappa shape index (κ3) is 2.02. The van der Waals surface area contributed by atoms with Gasteiger partial charge < -0.3 is 4.57 Å². The van der Waals surface area contributed by atoms with E-state index in [-0.39, 0.29) is 0 Å². The van der Waals surface area contributed by atoms with E-state index in [1.54, 1.807) is 0 Å². The predicted octanol–water partition coefficient (Wildman–Crippen LogP) is 3.71. The summed E-state index contributed by atoms with van der Waals surface area (Å²) in [4.78, 5) is 4.48. The molecule has 0 radical (unpaired) electrons. The van der Waals surface area contributed by atoms with Crippen LogP contribution in [0.25, 0.3) is 0 Å². The van der Waals surface area contributed by atoms with Gasteiger partial charge in [0.1, 0.15) is 10.4 Å². The molecule has 0 amide bonds. The molecule has 1 saturated carbocycles. The van der Waals surface area contributed by atoms with E-state index < -0.39 is 0 Å². The van der Waals surface area contributed by atoms with Crippen LogP contribution in [0.2, 0.25) is 0 Å². The molecule has 0 spiro atoms. The van der Waals surface area contributed by atoms with Gasteiger partial charge >= 0.3 is 0 Å². The molecule has 1 aliphatic rings. The highest BCUT2D eigenvalue weighted by Gasteiger charge is 2.17. The standard InChI is InChI=1S/C11H17BrN2/c1-2-11-13-10(12)8-14(11)9-6-4-3-5-7-9/h8-9H,2-7H2,1H3. The zero-order valence-electron chi connectivity index (χ0n) is 8.67.